The average Bonchev–Trinajstić information content (AvgIpc) is 2.84. The molecule has 2 aromatic rings. The third-order valence-corrected chi connectivity index (χ3v) is 3.58. The fraction of sp³-hybridized carbons (Fsp3) is 0.154. The van der Waals surface area contributed by atoms with Gasteiger partial charge in [0, 0.05) is 17.2 Å². The van der Waals surface area contributed by atoms with Crippen molar-refractivity contribution in [3.63, 3.8) is 0 Å². The largest absolute Gasteiger partial charge is 0.476 e. The van der Waals surface area contributed by atoms with Gasteiger partial charge in [-0.3, -0.25) is 0 Å². The molecule has 6 nitrogen and oxygen atoms in total. The Hall–Kier alpha value is -2.28. The van der Waals surface area contributed by atoms with Crippen molar-refractivity contribution in [1.82, 2.24) is 9.55 Å². The summed E-state index contributed by atoms with van der Waals surface area (Å²) >= 11 is 1.56. The molecule has 0 aliphatic heterocycles. The molecule has 0 unspecified atom stereocenters. The van der Waals surface area contributed by atoms with Gasteiger partial charge in [0.15, 0.2) is 11.4 Å². The molecule has 2 rings (SSSR count). The van der Waals surface area contributed by atoms with Crippen LogP contribution in [0.1, 0.15) is 21.0 Å². The van der Waals surface area contributed by atoms with Crippen molar-refractivity contribution in [2.75, 3.05) is 5.75 Å². The summed E-state index contributed by atoms with van der Waals surface area (Å²) in [5, 5.41) is 18.0. The molecule has 0 bridgehead atoms. The second-order valence-corrected chi connectivity index (χ2v) is 5.08. The van der Waals surface area contributed by atoms with E-state index in [2.05, 4.69) is 4.98 Å². The fourth-order valence-corrected chi connectivity index (χ4v) is 2.58. The van der Waals surface area contributed by atoms with E-state index in [-0.39, 0.29) is 5.69 Å². The van der Waals surface area contributed by atoms with E-state index in [9.17, 15) is 9.59 Å². The molecule has 1 aromatic carbocycles. The third-order valence-electron chi connectivity index (χ3n) is 2.59. The lowest BCUT2D eigenvalue weighted by Gasteiger charge is -2.05. The molecule has 0 aliphatic carbocycles. The summed E-state index contributed by atoms with van der Waals surface area (Å²) in [6, 6.07) is 9.68. The van der Waals surface area contributed by atoms with Crippen LogP contribution < -0.4 is 0 Å². The molecule has 0 atom stereocenters. The molecule has 2 N–H and O–H groups in total. The van der Waals surface area contributed by atoms with Crippen molar-refractivity contribution < 1.29 is 19.8 Å². The van der Waals surface area contributed by atoms with Crippen LogP contribution in [0.25, 0.3) is 0 Å². The SMILES string of the molecule is O=C(O)c1ncn(CCSc2ccccc2)c1C(=O)O. The van der Waals surface area contributed by atoms with Crippen LogP contribution >= 0.6 is 11.8 Å². The fourth-order valence-electron chi connectivity index (χ4n) is 1.71. The molecule has 20 heavy (non-hydrogen) atoms. The number of rotatable bonds is 6. The van der Waals surface area contributed by atoms with E-state index >= 15 is 0 Å². The topological polar surface area (TPSA) is 92.4 Å². The maximum Gasteiger partial charge on any atom is 0.357 e. The Kier molecular flexibility index (Phi) is 4.41. The summed E-state index contributed by atoms with van der Waals surface area (Å²) in [5.41, 5.74) is -0.714. The predicted molar refractivity (Wildman–Crippen MR) is 73.3 cm³/mol. The van der Waals surface area contributed by atoms with Gasteiger partial charge in [0.1, 0.15) is 0 Å². The molecule has 0 amide bonds. The lowest BCUT2D eigenvalue weighted by atomic mass is 10.3. The van der Waals surface area contributed by atoms with E-state index in [0.29, 0.717) is 12.3 Å². The molecule has 0 spiro atoms. The first-order valence-corrected chi connectivity index (χ1v) is 6.77. The monoisotopic (exact) mass is 292 g/mol. The number of aromatic carboxylic acids is 2. The highest BCUT2D eigenvalue weighted by Crippen LogP contribution is 2.18. The second kappa shape index (κ2) is 6.25. The number of aryl methyl sites for hydroxylation is 1. The van der Waals surface area contributed by atoms with Crippen LogP contribution in [0, 0.1) is 0 Å². The first kappa shape index (κ1) is 14.1. The van der Waals surface area contributed by atoms with Crippen molar-refractivity contribution in [1.29, 1.82) is 0 Å². The van der Waals surface area contributed by atoms with E-state index in [1.54, 1.807) is 11.8 Å². The minimum absolute atomic E-state index is 0.286. The molecule has 1 aromatic heterocycles. The number of carboxylic acid groups (broad SMARTS) is 2. The van der Waals surface area contributed by atoms with Gasteiger partial charge < -0.3 is 14.8 Å². The van der Waals surface area contributed by atoms with Crippen LogP contribution in [-0.2, 0) is 6.54 Å². The van der Waals surface area contributed by atoms with Crippen molar-refractivity contribution >= 4 is 23.7 Å². The maximum atomic E-state index is 11.1. The second-order valence-electron chi connectivity index (χ2n) is 3.91. The highest BCUT2D eigenvalue weighted by Gasteiger charge is 2.22. The van der Waals surface area contributed by atoms with Crippen molar-refractivity contribution in [3.8, 4) is 0 Å². The first-order valence-electron chi connectivity index (χ1n) is 5.79. The molecule has 104 valence electrons. The van der Waals surface area contributed by atoms with Crippen LogP contribution in [-0.4, -0.2) is 37.5 Å². The quantitative estimate of drug-likeness (QED) is 0.792. The Balaban J connectivity index is 2.06. The van der Waals surface area contributed by atoms with Crippen LogP contribution in [0.15, 0.2) is 41.6 Å². The van der Waals surface area contributed by atoms with E-state index in [1.807, 2.05) is 30.3 Å². The normalized spacial score (nSPS) is 10.4. The average molecular weight is 292 g/mol. The Morgan fingerprint density at radius 2 is 1.85 bits per heavy atom. The highest BCUT2D eigenvalue weighted by atomic mass is 32.2. The summed E-state index contributed by atoms with van der Waals surface area (Å²) in [6.07, 6.45) is 1.25. The molecule has 7 heteroatoms. The number of carbonyl (C=O) groups is 2. The number of benzene rings is 1. The molecule has 0 fully saturated rings. The van der Waals surface area contributed by atoms with E-state index in [1.165, 1.54) is 10.9 Å². The summed E-state index contributed by atoms with van der Waals surface area (Å²) < 4.78 is 1.35. The zero-order valence-electron chi connectivity index (χ0n) is 10.4. The smallest absolute Gasteiger partial charge is 0.357 e. The van der Waals surface area contributed by atoms with Crippen LogP contribution in [0.5, 0.6) is 0 Å². The highest BCUT2D eigenvalue weighted by molar-refractivity contribution is 7.99. The Labute approximate surface area is 119 Å². The molecular weight excluding hydrogens is 280 g/mol. The van der Waals surface area contributed by atoms with E-state index in [4.69, 9.17) is 10.2 Å². The van der Waals surface area contributed by atoms with Gasteiger partial charge in [0.05, 0.1) is 6.33 Å². The zero-order valence-corrected chi connectivity index (χ0v) is 11.2. The lowest BCUT2D eigenvalue weighted by Crippen LogP contribution is -2.13. The van der Waals surface area contributed by atoms with E-state index < -0.39 is 17.6 Å². The molecule has 0 aliphatic rings. The van der Waals surface area contributed by atoms with Crippen LogP contribution in [0.3, 0.4) is 0 Å². The number of hydrogen-bond donors (Lipinski definition) is 2. The van der Waals surface area contributed by atoms with Gasteiger partial charge in [-0.25, -0.2) is 14.6 Å². The number of imidazole rings is 1. The van der Waals surface area contributed by atoms with Crippen molar-refractivity contribution in [2.24, 2.45) is 0 Å². The number of nitrogens with zero attached hydrogens (tertiary/aromatic N) is 2. The van der Waals surface area contributed by atoms with Crippen LogP contribution in [0.2, 0.25) is 0 Å². The summed E-state index contributed by atoms with van der Waals surface area (Å²) in [6.45, 7) is 0.376. The number of carboxylic acids is 2. The minimum Gasteiger partial charge on any atom is -0.476 e. The zero-order chi connectivity index (χ0) is 14.5. The molecule has 0 radical (unpaired) electrons. The maximum absolute atomic E-state index is 11.1. The van der Waals surface area contributed by atoms with Crippen molar-refractivity contribution in [3.05, 3.63) is 48.0 Å². The van der Waals surface area contributed by atoms with Gasteiger partial charge in [-0.1, -0.05) is 18.2 Å². The Bertz CT molecular complexity index is 625. The van der Waals surface area contributed by atoms with Crippen molar-refractivity contribution in [2.45, 2.75) is 11.4 Å². The molecule has 0 saturated carbocycles. The summed E-state index contributed by atoms with van der Waals surface area (Å²) in [4.78, 5) is 26.7. The summed E-state index contributed by atoms with van der Waals surface area (Å²) in [5.74, 6) is -2.00. The predicted octanol–water partition coefficient (Wildman–Crippen LogP) is 2.07. The van der Waals surface area contributed by atoms with Gasteiger partial charge in [-0.05, 0) is 12.1 Å². The minimum atomic E-state index is -1.34. The van der Waals surface area contributed by atoms with Crippen LogP contribution in [0.4, 0.5) is 0 Å². The number of hydrogen-bond acceptors (Lipinski definition) is 4. The number of aromatic nitrogens is 2. The Morgan fingerprint density at radius 1 is 1.15 bits per heavy atom. The third kappa shape index (κ3) is 3.18. The summed E-state index contributed by atoms with van der Waals surface area (Å²) in [7, 11) is 0. The number of thioether (sulfide) groups is 1. The Morgan fingerprint density at radius 3 is 2.45 bits per heavy atom. The van der Waals surface area contributed by atoms with Gasteiger partial charge in [0.25, 0.3) is 0 Å². The molecular formula is C13H12N2O4S. The standard InChI is InChI=1S/C13H12N2O4S/c16-12(17)10-11(13(18)19)15(8-14-10)6-7-20-9-4-2-1-3-5-9/h1-5,8H,6-7H2,(H,16,17)(H,18,19). The van der Waals surface area contributed by atoms with Gasteiger partial charge in [0.2, 0.25) is 0 Å². The molecule has 0 saturated heterocycles. The van der Waals surface area contributed by atoms with Gasteiger partial charge >= 0.3 is 11.9 Å². The lowest BCUT2D eigenvalue weighted by molar-refractivity contribution is 0.0640. The van der Waals surface area contributed by atoms with E-state index in [0.717, 1.165) is 4.90 Å². The molecule has 1 heterocycles. The van der Waals surface area contributed by atoms with Gasteiger partial charge in [-0.15, -0.1) is 11.8 Å². The van der Waals surface area contributed by atoms with Gasteiger partial charge in [-0.2, -0.15) is 0 Å². The first-order chi connectivity index (χ1) is 9.59.